The molecule has 0 aliphatic heterocycles. The van der Waals surface area contributed by atoms with E-state index in [2.05, 4.69) is 10.3 Å². The van der Waals surface area contributed by atoms with Gasteiger partial charge in [-0.3, -0.25) is 0 Å². The van der Waals surface area contributed by atoms with Crippen LogP contribution in [0.15, 0.2) is 52.8 Å². The summed E-state index contributed by atoms with van der Waals surface area (Å²) in [5, 5.41) is 49.0. The summed E-state index contributed by atoms with van der Waals surface area (Å²) < 4.78 is 0. The lowest BCUT2D eigenvalue weighted by atomic mass is 10.1. The van der Waals surface area contributed by atoms with Crippen molar-refractivity contribution in [2.45, 2.75) is 32.2 Å². The smallest absolute Gasteiger partial charge is 0.110 e. The number of halogens is 1. The van der Waals surface area contributed by atoms with Gasteiger partial charge in [0.2, 0.25) is 0 Å². The lowest BCUT2D eigenvalue weighted by Crippen LogP contribution is -2.44. The van der Waals surface area contributed by atoms with Crippen molar-refractivity contribution < 1.29 is 20.4 Å². The molecule has 0 radical (unpaired) electrons. The molecule has 0 amide bonds. The van der Waals surface area contributed by atoms with Crippen LogP contribution in [0.4, 0.5) is 11.4 Å². The number of anilines is 1. The Morgan fingerprint density at radius 1 is 0.963 bits per heavy atom. The summed E-state index contributed by atoms with van der Waals surface area (Å²) in [5.41, 5.74) is 3.37. The molecule has 0 saturated carbocycles. The molecule has 2 rings (SSSR count). The maximum atomic E-state index is 10.2. The second-order valence-electron chi connectivity index (χ2n) is 6.32. The highest BCUT2D eigenvalue weighted by Gasteiger charge is 2.26. The molecule has 0 aliphatic carbocycles. The molecule has 0 aliphatic rings. The second kappa shape index (κ2) is 9.77. The number of hydrogen-bond acceptors (Lipinski definition) is 6. The first-order valence-corrected chi connectivity index (χ1v) is 8.86. The maximum absolute atomic E-state index is 10.2. The van der Waals surface area contributed by atoms with Gasteiger partial charge in [0.15, 0.2) is 0 Å². The molecule has 0 unspecified atom stereocenters. The molecule has 2 aromatic carbocycles. The Bertz CT molecular complexity index is 770. The third-order valence-electron chi connectivity index (χ3n) is 4.22. The van der Waals surface area contributed by atoms with Gasteiger partial charge in [-0.2, -0.15) is 0 Å². The summed E-state index contributed by atoms with van der Waals surface area (Å²) in [6.45, 7) is 3.15. The highest BCUT2D eigenvalue weighted by Crippen LogP contribution is 2.23. The van der Waals surface area contributed by atoms with E-state index in [4.69, 9.17) is 16.7 Å². The Morgan fingerprint density at radius 3 is 2.22 bits per heavy atom. The average molecular weight is 394 g/mol. The minimum atomic E-state index is -1.52. The lowest BCUT2D eigenvalue weighted by molar-refractivity contribution is -0.0732. The van der Waals surface area contributed by atoms with Crippen molar-refractivity contribution in [1.82, 2.24) is 0 Å². The zero-order valence-electron chi connectivity index (χ0n) is 15.2. The van der Waals surface area contributed by atoms with Crippen molar-refractivity contribution in [3.05, 3.63) is 58.6 Å². The van der Waals surface area contributed by atoms with Gasteiger partial charge >= 0.3 is 0 Å². The van der Waals surface area contributed by atoms with Crippen LogP contribution >= 0.6 is 11.6 Å². The fourth-order valence-electron chi connectivity index (χ4n) is 2.34. The highest BCUT2D eigenvalue weighted by atomic mass is 35.5. The molecule has 0 fully saturated rings. The molecular formula is C19H24ClN3O4. The van der Waals surface area contributed by atoms with Gasteiger partial charge in [0.05, 0.1) is 24.5 Å². The molecule has 0 bridgehead atoms. The number of hydrogen-bond donors (Lipinski definition) is 4. The molecule has 27 heavy (non-hydrogen) atoms. The number of rotatable bonds is 8. The molecule has 3 atom stereocenters. The Morgan fingerprint density at radius 2 is 1.63 bits per heavy atom. The van der Waals surface area contributed by atoms with Crippen molar-refractivity contribution in [2.75, 3.05) is 18.2 Å². The van der Waals surface area contributed by atoms with Gasteiger partial charge in [-0.1, -0.05) is 22.9 Å². The quantitative estimate of drug-likeness (QED) is 0.407. The summed E-state index contributed by atoms with van der Waals surface area (Å²) in [5.74, 6) is 0. The minimum Gasteiger partial charge on any atom is -0.394 e. The first-order chi connectivity index (χ1) is 12.8. The fourth-order valence-corrected chi connectivity index (χ4v) is 2.47. The standard InChI is InChI=1S/C19H24ClN3O4/c1-12-3-8-16(9-13(12)2)23(10-17(25)19(27)18(26)11-24)22-21-15-6-4-14(20)5-7-15/h3-9,17-19,24-27H,10-11H2,1-2H3/t17-,18+,19-/m0/s1. The molecule has 2 aromatic rings. The number of aryl methyl sites for hydroxylation is 2. The van der Waals surface area contributed by atoms with Gasteiger partial charge in [-0.25, -0.2) is 5.01 Å². The molecule has 146 valence electrons. The molecule has 0 spiro atoms. The Kier molecular flexibility index (Phi) is 7.70. The van der Waals surface area contributed by atoms with Crippen molar-refractivity contribution in [3.8, 4) is 0 Å². The van der Waals surface area contributed by atoms with Crippen LogP contribution in [-0.4, -0.2) is 51.9 Å². The summed E-state index contributed by atoms with van der Waals surface area (Å²) in [4.78, 5) is 0. The zero-order chi connectivity index (χ0) is 20.0. The third-order valence-corrected chi connectivity index (χ3v) is 4.47. The van der Waals surface area contributed by atoms with Crippen LogP contribution in [0.5, 0.6) is 0 Å². The molecule has 4 N–H and O–H groups in total. The van der Waals surface area contributed by atoms with Crippen LogP contribution in [0.25, 0.3) is 0 Å². The predicted molar refractivity (Wildman–Crippen MR) is 104 cm³/mol. The van der Waals surface area contributed by atoms with E-state index in [1.807, 2.05) is 32.0 Å². The normalized spacial score (nSPS) is 14.9. The van der Waals surface area contributed by atoms with Crippen LogP contribution < -0.4 is 5.01 Å². The third kappa shape index (κ3) is 5.98. The van der Waals surface area contributed by atoms with E-state index < -0.39 is 24.9 Å². The Balaban J connectivity index is 2.27. The topological polar surface area (TPSA) is 109 Å². The molecular weight excluding hydrogens is 370 g/mol. The SMILES string of the molecule is Cc1ccc(N(C[C@H](O)[C@H](O)[C@H](O)CO)N=Nc2ccc(Cl)cc2)cc1C. The van der Waals surface area contributed by atoms with Gasteiger partial charge in [-0.15, -0.1) is 5.11 Å². The first kappa shape index (κ1) is 21.3. The number of nitrogens with zero attached hydrogens (tertiary/aromatic N) is 3. The van der Waals surface area contributed by atoms with Crippen molar-refractivity contribution >= 4 is 23.0 Å². The molecule has 8 heteroatoms. The summed E-state index contributed by atoms with van der Waals surface area (Å²) in [6, 6.07) is 12.4. The second-order valence-corrected chi connectivity index (χ2v) is 6.76. The van der Waals surface area contributed by atoms with Crippen LogP contribution in [-0.2, 0) is 0 Å². The van der Waals surface area contributed by atoms with E-state index in [9.17, 15) is 15.3 Å². The summed E-state index contributed by atoms with van der Waals surface area (Å²) in [6.07, 6.45) is -4.32. The predicted octanol–water partition coefficient (Wildman–Crippen LogP) is 2.54. The van der Waals surface area contributed by atoms with Crippen LogP contribution in [0.2, 0.25) is 5.02 Å². The molecule has 0 saturated heterocycles. The van der Waals surface area contributed by atoms with Gasteiger partial charge in [0, 0.05) is 5.02 Å². The first-order valence-electron chi connectivity index (χ1n) is 8.49. The molecule has 0 aromatic heterocycles. The Hall–Kier alpha value is -2.03. The fraction of sp³-hybridized carbons (Fsp3) is 0.368. The minimum absolute atomic E-state index is 0.127. The van der Waals surface area contributed by atoms with E-state index in [0.717, 1.165) is 11.1 Å². The van der Waals surface area contributed by atoms with Crippen LogP contribution in [0.3, 0.4) is 0 Å². The van der Waals surface area contributed by atoms with Gasteiger partial charge in [-0.05, 0) is 61.4 Å². The average Bonchev–Trinajstić information content (AvgIpc) is 2.67. The monoisotopic (exact) mass is 393 g/mol. The zero-order valence-corrected chi connectivity index (χ0v) is 16.0. The van der Waals surface area contributed by atoms with E-state index in [-0.39, 0.29) is 6.54 Å². The van der Waals surface area contributed by atoms with Gasteiger partial charge in [0.25, 0.3) is 0 Å². The van der Waals surface area contributed by atoms with Gasteiger partial charge in [0.1, 0.15) is 18.3 Å². The van der Waals surface area contributed by atoms with Crippen molar-refractivity contribution in [1.29, 1.82) is 0 Å². The van der Waals surface area contributed by atoms with E-state index in [1.54, 1.807) is 24.3 Å². The molecule has 0 heterocycles. The van der Waals surface area contributed by atoms with Crippen LogP contribution in [0.1, 0.15) is 11.1 Å². The van der Waals surface area contributed by atoms with E-state index in [0.29, 0.717) is 16.4 Å². The largest absolute Gasteiger partial charge is 0.394 e. The van der Waals surface area contributed by atoms with E-state index in [1.165, 1.54) is 5.01 Å². The summed E-state index contributed by atoms with van der Waals surface area (Å²) in [7, 11) is 0. The summed E-state index contributed by atoms with van der Waals surface area (Å²) >= 11 is 5.86. The maximum Gasteiger partial charge on any atom is 0.110 e. The van der Waals surface area contributed by atoms with Crippen LogP contribution in [0, 0.1) is 13.8 Å². The van der Waals surface area contributed by atoms with Crippen molar-refractivity contribution in [2.24, 2.45) is 10.3 Å². The van der Waals surface area contributed by atoms with Crippen molar-refractivity contribution in [3.63, 3.8) is 0 Å². The number of aliphatic hydroxyl groups excluding tert-OH is 4. The molecule has 7 nitrogen and oxygen atoms in total. The number of benzene rings is 2. The highest BCUT2D eigenvalue weighted by molar-refractivity contribution is 6.30. The van der Waals surface area contributed by atoms with E-state index >= 15 is 0 Å². The van der Waals surface area contributed by atoms with Gasteiger partial charge < -0.3 is 20.4 Å². The lowest BCUT2D eigenvalue weighted by Gasteiger charge is -2.26. The Labute approximate surface area is 163 Å². The number of aliphatic hydroxyl groups is 4.